The van der Waals surface area contributed by atoms with Crippen molar-refractivity contribution in [1.29, 1.82) is 0 Å². The van der Waals surface area contributed by atoms with E-state index < -0.39 is 16.4 Å². The molecule has 1 atom stereocenters. The van der Waals surface area contributed by atoms with E-state index in [4.69, 9.17) is 0 Å². The minimum absolute atomic E-state index is 0.0343. The number of nitro groups is 1. The Morgan fingerprint density at radius 1 is 1.29 bits per heavy atom. The number of para-hydroxylation sites is 1. The average Bonchev–Trinajstić information content (AvgIpc) is 3.15. The fourth-order valence-corrected chi connectivity index (χ4v) is 3.26. The third-order valence-electron chi connectivity index (χ3n) is 4.69. The van der Waals surface area contributed by atoms with Crippen LogP contribution in [0.5, 0.6) is 0 Å². The van der Waals surface area contributed by atoms with Gasteiger partial charge in [-0.15, -0.1) is 0 Å². The lowest BCUT2D eigenvalue weighted by atomic mass is 10.1. The normalized spacial score (nSPS) is 16.3. The highest BCUT2D eigenvalue weighted by Crippen LogP contribution is 2.22. The number of nitrogens with one attached hydrogen (secondary N) is 1. The lowest BCUT2D eigenvalue weighted by molar-refractivity contribution is -0.387. The summed E-state index contributed by atoms with van der Waals surface area (Å²) >= 11 is 0. The predicted octanol–water partition coefficient (Wildman–Crippen LogP) is 3.00. The summed E-state index contributed by atoms with van der Waals surface area (Å²) in [5, 5.41) is 14.9. The van der Waals surface area contributed by atoms with Gasteiger partial charge < -0.3 is 10.2 Å². The number of nitrogens with zero attached hydrogens (tertiary/aromatic N) is 4. The van der Waals surface area contributed by atoms with Crippen LogP contribution in [-0.2, 0) is 0 Å². The van der Waals surface area contributed by atoms with Gasteiger partial charge in [0.05, 0.1) is 10.4 Å². The molecule has 0 spiro atoms. The summed E-state index contributed by atoms with van der Waals surface area (Å²) in [7, 11) is 0. The summed E-state index contributed by atoms with van der Waals surface area (Å²) in [6, 6.07) is 10.8. The summed E-state index contributed by atoms with van der Waals surface area (Å²) in [5.74, 6) is -0.897. The minimum Gasteiger partial charge on any atom is -0.350 e. The van der Waals surface area contributed by atoms with Crippen molar-refractivity contribution < 1.29 is 14.1 Å². The second-order valence-electron chi connectivity index (χ2n) is 6.56. The zero-order chi connectivity index (χ0) is 19.7. The van der Waals surface area contributed by atoms with Gasteiger partial charge in [-0.25, -0.2) is 9.97 Å². The summed E-state index contributed by atoms with van der Waals surface area (Å²) in [4.78, 5) is 32.8. The van der Waals surface area contributed by atoms with Crippen LogP contribution in [0.3, 0.4) is 0 Å². The summed E-state index contributed by atoms with van der Waals surface area (Å²) < 4.78 is 13.8. The molecule has 1 aliphatic rings. The van der Waals surface area contributed by atoms with Crippen LogP contribution in [0.2, 0.25) is 0 Å². The maximum atomic E-state index is 13.8. The van der Waals surface area contributed by atoms with Crippen LogP contribution in [0, 0.1) is 15.9 Å². The Morgan fingerprint density at radius 3 is 2.89 bits per heavy atom. The van der Waals surface area contributed by atoms with E-state index in [0.29, 0.717) is 25.5 Å². The second-order valence-corrected chi connectivity index (χ2v) is 6.56. The standard InChI is InChI=1S/C19H16FN5O3/c20-15-9-12(5-6-17(15)25(27)28)18(26)24-8-7-14(11-24)22-19-21-10-13-3-1-2-4-16(13)23-19/h1-6,9-10,14H,7-8,11H2,(H,21,22,23)/t14-/m1/s1. The minimum atomic E-state index is -1.02. The topological polar surface area (TPSA) is 101 Å². The van der Waals surface area contributed by atoms with Crippen LogP contribution in [0.25, 0.3) is 10.9 Å². The number of aromatic nitrogens is 2. The number of rotatable bonds is 4. The molecule has 0 aliphatic carbocycles. The highest BCUT2D eigenvalue weighted by Gasteiger charge is 2.28. The second kappa shape index (κ2) is 7.18. The van der Waals surface area contributed by atoms with Crippen molar-refractivity contribution in [3.8, 4) is 0 Å². The molecule has 1 aliphatic heterocycles. The lowest BCUT2D eigenvalue weighted by Gasteiger charge is -2.17. The molecule has 1 aromatic heterocycles. The van der Waals surface area contributed by atoms with Crippen LogP contribution in [0.15, 0.2) is 48.7 Å². The van der Waals surface area contributed by atoms with E-state index in [1.807, 2.05) is 24.3 Å². The van der Waals surface area contributed by atoms with E-state index in [0.717, 1.165) is 23.0 Å². The number of fused-ring (bicyclic) bond motifs is 1. The van der Waals surface area contributed by atoms with Gasteiger partial charge in [0.25, 0.3) is 5.91 Å². The number of carbonyl (C=O) groups excluding carboxylic acids is 1. The molecule has 1 saturated heterocycles. The molecule has 9 heteroatoms. The molecule has 1 amide bonds. The van der Waals surface area contributed by atoms with Crippen molar-refractivity contribution in [2.75, 3.05) is 18.4 Å². The van der Waals surface area contributed by atoms with Crippen molar-refractivity contribution in [1.82, 2.24) is 14.9 Å². The largest absolute Gasteiger partial charge is 0.350 e. The van der Waals surface area contributed by atoms with Gasteiger partial charge >= 0.3 is 5.69 Å². The molecule has 142 valence electrons. The van der Waals surface area contributed by atoms with E-state index in [1.165, 1.54) is 6.07 Å². The first-order valence-electron chi connectivity index (χ1n) is 8.73. The van der Waals surface area contributed by atoms with E-state index in [9.17, 15) is 19.3 Å². The molecule has 4 rings (SSSR count). The first-order chi connectivity index (χ1) is 13.5. The Hall–Kier alpha value is -3.62. The van der Waals surface area contributed by atoms with E-state index in [-0.39, 0.29) is 17.5 Å². The SMILES string of the molecule is O=C(c1ccc([N+](=O)[O-])c(F)c1)N1CC[C@@H](Nc2ncc3ccccc3n2)C1. The summed E-state index contributed by atoms with van der Waals surface area (Å²) in [6.07, 6.45) is 2.43. The van der Waals surface area contributed by atoms with Gasteiger partial charge in [-0.05, 0) is 24.6 Å². The van der Waals surface area contributed by atoms with Crippen molar-refractivity contribution in [3.63, 3.8) is 0 Å². The molecular formula is C19H16FN5O3. The van der Waals surface area contributed by atoms with Gasteiger partial charge in [-0.2, -0.15) is 4.39 Å². The van der Waals surface area contributed by atoms with Crippen molar-refractivity contribution >= 4 is 28.4 Å². The highest BCUT2D eigenvalue weighted by atomic mass is 19.1. The van der Waals surface area contributed by atoms with Crippen molar-refractivity contribution in [2.24, 2.45) is 0 Å². The summed E-state index contributed by atoms with van der Waals surface area (Å²) in [5.41, 5.74) is 0.268. The van der Waals surface area contributed by atoms with Crippen LogP contribution in [0.4, 0.5) is 16.0 Å². The zero-order valence-corrected chi connectivity index (χ0v) is 14.7. The van der Waals surface area contributed by atoms with Crippen LogP contribution in [-0.4, -0.2) is 44.8 Å². The fraction of sp³-hybridized carbons (Fsp3) is 0.211. The smallest absolute Gasteiger partial charge is 0.304 e. The molecular weight excluding hydrogens is 365 g/mol. The molecule has 2 heterocycles. The number of anilines is 1. The van der Waals surface area contributed by atoms with Gasteiger partial charge in [0.15, 0.2) is 0 Å². The maximum absolute atomic E-state index is 13.8. The number of halogens is 1. The fourth-order valence-electron chi connectivity index (χ4n) is 3.26. The van der Waals surface area contributed by atoms with Gasteiger partial charge in [-0.1, -0.05) is 18.2 Å². The third-order valence-corrected chi connectivity index (χ3v) is 4.69. The molecule has 3 aromatic rings. The van der Waals surface area contributed by atoms with Crippen molar-refractivity contribution in [3.05, 3.63) is 70.2 Å². The molecule has 1 fully saturated rings. The van der Waals surface area contributed by atoms with E-state index >= 15 is 0 Å². The monoisotopic (exact) mass is 381 g/mol. The molecule has 0 bridgehead atoms. The average molecular weight is 381 g/mol. The van der Waals surface area contributed by atoms with Gasteiger partial charge in [-0.3, -0.25) is 14.9 Å². The Morgan fingerprint density at radius 2 is 2.11 bits per heavy atom. The van der Waals surface area contributed by atoms with E-state index in [2.05, 4.69) is 15.3 Å². The molecule has 0 radical (unpaired) electrons. The predicted molar refractivity (Wildman–Crippen MR) is 101 cm³/mol. The number of amides is 1. The Kier molecular flexibility index (Phi) is 4.56. The molecule has 8 nitrogen and oxygen atoms in total. The van der Waals surface area contributed by atoms with Crippen LogP contribution < -0.4 is 5.32 Å². The molecule has 0 unspecified atom stereocenters. The van der Waals surface area contributed by atoms with Gasteiger partial charge in [0.1, 0.15) is 0 Å². The maximum Gasteiger partial charge on any atom is 0.304 e. The molecule has 28 heavy (non-hydrogen) atoms. The van der Waals surface area contributed by atoms with Crippen LogP contribution in [0.1, 0.15) is 16.8 Å². The lowest BCUT2D eigenvalue weighted by Crippen LogP contribution is -2.32. The Bertz CT molecular complexity index is 1070. The van der Waals surface area contributed by atoms with E-state index in [1.54, 1.807) is 11.1 Å². The number of carbonyl (C=O) groups is 1. The number of nitro benzene ring substituents is 1. The van der Waals surface area contributed by atoms with Gasteiger partial charge in [0.2, 0.25) is 11.8 Å². The number of likely N-dealkylation sites (tertiary alicyclic amines) is 1. The zero-order valence-electron chi connectivity index (χ0n) is 14.7. The Labute approximate surface area is 159 Å². The summed E-state index contributed by atoms with van der Waals surface area (Å²) in [6.45, 7) is 0.899. The first kappa shape index (κ1) is 17.8. The molecule has 2 aromatic carbocycles. The number of hydrogen-bond donors (Lipinski definition) is 1. The highest BCUT2D eigenvalue weighted by molar-refractivity contribution is 5.94. The van der Waals surface area contributed by atoms with Crippen molar-refractivity contribution in [2.45, 2.75) is 12.5 Å². The number of benzene rings is 2. The Balaban J connectivity index is 1.43. The third kappa shape index (κ3) is 3.46. The quantitative estimate of drug-likeness (QED) is 0.551. The van der Waals surface area contributed by atoms with Crippen LogP contribution >= 0.6 is 0 Å². The first-order valence-corrected chi connectivity index (χ1v) is 8.73. The molecule has 0 saturated carbocycles. The number of hydrogen-bond acceptors (Lipinski definition) is 6. The van der Waals surface area contributed by atoms with Gasteiger partial charge in [0, 0.05) is 42.3 Å². The molecule has 1 N–H and O–H groups in total.